The molecule has 1 heterocycles. The smallest absolute Gasteiger partial charge is 0.306 e. The van der Waals surface area contributed by atoms with Gasteiger partial charge in [-0.25, -0.2) is 8.78 Å². The summed E-state index contributed by atoms with van der Waals surface area (Å²) >= 11 is 0. The fraction of sp³-hybridized carbons (Fsp3) is 0.529. The van der Waals surface area contributed by atoms with E-state index in [0.29, 0.717) is 38.8 Å². The zero-order valence-electron chi connectivity index (χ0n) is 12.7. The Kier molecular flexibility index (Phi) is 4.08. The lowest BCUT2D eigenvalue weighted by atomic mass is 9.63. The van der Waals surface area contributed by atoms with Crippen molar-refractivity contribution in [3.05, 3.63) is 35.4 Å². The first kappa shape index (κ1) is 15.9. The predicted molar refractivity (Wildman–Crippen MR) is 78.8 cm³/mol. The topological polar surface area (TPSA) is 57.6 Å². The van der Waals surface area contributed by atoms with Gasteiger partial charge in [0.15, 0.2) is 0 Å². The van der Waals surface area contributed by atoms with Gasteiger partial charge in [-0.3, -0.25) is 9.59 Å². The first-order valence-corrected chi connectivity index (χ1v) is 7.92. The van der Waals surface area contributed by atoms with E-state index in [2.05, 4.69) is 0 Å². The van der Waals surface area contributed by atoms with Crippen molar-refractivity contribution >= 4 is 11.9 Å². The quantitative estimate of drug-likeness (QED) is 0.930. The Hall–Kier alpha value is -1.98. The number of carbonyl (C=O) groups excluding carboxylic acids is 1. The fourth-order valence-corrected chi connectivity index (χ4v) is 3.64. The number of carbonyl (C=O) groups is 2. The number of rotatable bonds is 3. The van der Waals surface area contributed by atoms with Crippen LogP contribution in [0.2, 0.25) is 0 Å². The van der Waals surface area contributed by atoms with Crippen molar-refractivity contribution < 1.29 is 23.5 Å². The van der Waals surface area contributed by atoms with E-state index in [1.165, 1.54) is 12.1 Å². The first-order chi connectivity index (χ1) is 10.9. The highest BCUT2D eigenvalue weighted by Gasteiger charge is 2.49. The molecule has 2 aliphatic rings. The number of likely N-dealkylation sites (tertiary alicyclic amines) is 1. The van der Waals surface area contributed by atoms with E-state index < -0.39 is 28.9 Å². The van der Waals surface area contributed by atoms with E-state index in [9.17, 15) is 18.4 Å². The number of carboxylic acid groups (broad SMARTS) is 1. The molecule has 0 spiro atoms. The zero-order valence-corrected chi connectivity index (χ0v) is 12.7. The summed E-state index contributed by atoms with van der Waals surface area (Å²) < 4.78 is 27.3. The van der Waals surface area contributed by atoms with Crippen molar-refractivity contribution in [3.63, 3.8) is 0 Å². The third-order valence-electron chi connectivity index (χ3n) is 5.19. The highest BCUT2D eigenvalue weighted by Crippen LogP contribution is 2.46. The van der Waals surface area contributed by atoms with Gasteiger partial charge < -0.3 is 10.0 Å². The molecule has 2 fully saturated rings. The van der Waals surface area contributed by atoms with Crippen LogP contribution in [0.1, 0.15) is 37.7 Å². The largest absolute Gasteiger partial charge is 0.481 e. The maximum Gasteiger partial charge on any atom is 0.306 e. The number of hydrogen-bond donors (Lipinski definition) is 1. The molecule has 124 valence electrons. The predicted octanol–water partition coefficient (Wildman–Crippen LogP) is 2.71. The number of nitrogens with zero attached hydrogens (tertiary/aromatic N) is 1. The van der Waals surface area contributed by atoms with Crippen molar-refractivity contribution in [2.45, 2.75) is 37.5 Å². The van der Waals surface area contributed by atoms with Gasteiger partial charge in [-0.15, -0.1) is 0 Å². The van der Waals surface area contributed by atoms with Gasteiger partial charge >= 0.3 is 5.97 Å². The molecule has 4 nitrogen and oxygen atoms in total. The van der Waals surface area contributed by atoms with Crippen LogP contribution in [0.4, 0.5) is 8.78 Å². The number of carboxylic acids is 1. The third kappa shape index (κ3) is 2.71. The summed E-state index contributed by atoms with van der Waals surface area (Å²) in [5, 5.41) is 9.03. The Morgan fingerprint density at radius 2 is 1.83 bits per heavy atom. The second kappa shape index (κ2) is 5.91. The SMILES string of the molecule is O=C(O)C1CCN(C(=O)C2(c3ccc(F)cc3F)CCC2)CC1. The molecule has 1 saturated carbocycles. The fourth-order valence-electron chi connectivity index (χ4n) is 3.64. The highest BCUT2D eigenvalue weighted by atomic mass is 19.1. The van der Waals surface area contributed by atoms with Crippen LogP contribution in [0.25, 0.3) is 0 Å². The summed E-state index contributed by atoms with van der Waals surface area (Å²) in [5.41, 5.74) is -0.649. The Balaban J connectivity index is 1.81. The van der Waals surface area contributed by atoms with Crippen molar-refractivity contribution in [3.8, 4) is 0 Å². The Bertz CT molecular complexity index is 635. The molecule has 1 aliphatic carbocycles. The summed E-state index contributed by atoms with van der Waals surface area (Å²) in [6, 6.07) is 3.37. The first-order valence-electron chi connectivity index (χ1n) is 7.92. The zero-order chi connectivity index (χ0) is 16.6. The lowest BCUT2D eigenvalue weighted by molar-refractivity contribution is -0.148. The standard InChI is InChI=1S/C17H19F2NO3/c18-12-2-3-13(14(19)10-12)17(6-1-7-17)16(23)20-8-4-11(5-9-20)15(21)22/h2-3,10-11H,1,4-9H2,(H,21,22). The maximum absolute atomic E-state index is 14.2. The number of amides is 1. The molecular formula is C17H19F2NO3. The Morgan fingerprint density at radius 1 is 1.17 bits per heavy atom. The average Bonchev–Trinajstić information content (AvgIpc) is 2.48. The maximum atomic E-state index is 14.2. The second-order valence-corrected chi connectivity index (χ2v) is 6.46. The molecule has 0 bridgehead atoms. The van der Waals surface area contributed by atoms with Crippen LogP contribution >= 0.6 is 0 Å². The molecule has 23 heavy (non-hydrogen) atoms. The van der Waals surface area contributed by atoms with E-state index in [1.54, 1.807) is 4.90 Å². The van der Waals surface area contributed by atoms with Crippen molar-refractivity contribution in [1.29, 1.82) is 0 Å². The minimum atomic E-state index is -0.909. The molecular weight excluding hydrogens is 304 g/mol. The van der Waals surface area contributed by atoms with Gasteiger partial charge in [0.25, 0.3) is 0 Å². The molecule has 6 heteroatoms. The summed E-state index contributed by atoms with van der Waals surface area (Å²) in [6.07, 6.45) is 2.76. The summed E-state index contributed by atoms with van der Waals surface area (Å²) in [5.74, 6) is -2.74. The van der Waals surface area contributed by atoms with E-state index in [1.807, 2.05) is 0 Å². The molecule has 1 aromatic rings. The number of aliphatic carboxylic acids is 1. The number of hydrogen-bond acceptors (Lipinski definition) is 2. The molecule has 1 N–H and O–H groups in total. The molecule has 1 aromatic carbocycles. The van der Waals surface area contributed by atoms with Gasteiger partial charge in [-0.05, 0) is 31.7 Å². The Labute approximate surface area is 133 Å². The summed E-state index contributed by atoms with van der Waals surface area (Å²) in [7, 11) is 0. The molecule has 1 amide bonds. The van der Waals surface area contributed by atoms with Crippen molar-refractivity contribution in [2.75, 3.05) is 13.1 Å². The number of piperidine rings is 1. The van der Waals surface area contributed by atoms with Crippen LogP contribution in [0.15, 0.2) is 18.2 Å². The van der Waals surface area contributed by atoms with Crippen LogP contribution in [0.5, 0.6) is 0 Å². The van der Waals surface area contributed by atoms with E-state index in [4.69, 9.17) is 5.11 Å². The lowest BCUT2D eigenvalue weighted by Gasteiger charge is -2.45. The molecule has 0 unspecified atom stereocenters. The van der Waals surface area contributed by atoms with Crippen LogP contribution in [-0.4, -0.2) is 35.0 Å². The molecule has 0 aromatic heterocycles. The van der Waals surface area contributed by atoms with Gasteiger partial charge in [0.05, 0.1) is 11.3 Å². The number of benzene rings is 1. The van der Waals surface area contributed by atoms with Crippen LogP contribution in [-0.2, 0) is 15.0 Å². The summed E-state index contributed by atoms with van der Waals surface area (Å²) in [4.78, 5) is 25.6. The van der Waals surface area contributed by atoms with Crippen molar-refractivity contribution in [2.24, 2.45) is 5.92 Å². The molecule has 1 aliphatic heterocycles. The normalized spacial score (nSPS) is 20.9. The van der Waals surface area contributed by atoms with E-state index in [0.717, 1.165) is 12.5 Å². The molecule has 0 radical (unpaired) electrons. The van der Waals surface area contributed by atoms with Gasteiger partial charge in [-0.1, -0.05) is 12.5 Å². The third-order valence-corrected chi connectivity index (χ3v) is 5.19. The highest BCUT2D eigenvalue weighted by molar-refractivity contribution is 5.89. The summed E-state index contributed by atoms with van der Waals surface area (Å²) in [6.45, 7) is 0.751. The van der Waals surface area contributed by atoms with Crippen LogP contribution in [0.3, 0.4) is 0 Å². The van der Waals surface area contributed by atoms with E-state index >= 15 is 0 Å². The lowest BCUT2D eigenvalue weighted by Crippen LogP contribution is -2.53. The number of halogens is 2. The van der Waals surface area contributed by atoms with Crippen LogP contribution < -0.4 is 0 Å². The van der Waals surface area contributed by atoms with Gasteiger partial charge in [0, 0.05) is 24.7 Å². The van der Waals surface area contributed by atoms with Crippen LogP contribution in [0, 0.1) is 17.6 Å². The molecule has 1 saturated heterocycles. The van der Waals surface area contributed by atoms with Gasteiger partial charge in [-0.2, -0.15) is 0 Å². The monoisotopic (exact) mass is 323 g/mol. The van der Waals surface area contributed by atoms with Crippen molar-refractivity contribution in [1.82, 2.24) is 4.90 Å². The minimum Gasteiger partial charge on any atom is -0.481 e. The van der Waals surface area contributed by atoms with Gasteiger partial charge in [0.2, 0.25) is 5.91 Å². The Morgan fingerprint density at radius 3 is 2.30 bits per heavy atom. The molecule has 0 atom stereocenters. The second-order valence-electron chi connectivity index (χ2n) is 6.46. The van der Waals surface area contributed by atoms with Gasteiger partial charge in [0.1, 0.15) is 11.6 Å². The average molecular weight is 323 g/mol. The van der Waals surface area contributed by atoms with E-state index in [-0.39, 0.29) is 11.5 Å². The minimum absolute atomic E-state index is 0.155. The molecule has 3 rings (SSSR count).